The molecule has 14 heteroatoms. The minimum atomic E-state index is -6.08. The van der Waals surface area contributed by atoms with Gasteiger partial charge in [-0.25, -0.2) is 9.97 Å². The Morgan fingerprint density at radius 3 is 2.33 bits per heavy atom. The first-order valence-corrected chi connectivity index (χ1v) is 10.4. The average Bonchev–Trinajstić information content (AvgIpc) is 2.78. The van der Waals surface area contributed by atoms with Gasteiger partial charge in [-0.1, -0.05) is 11.6 Å². The highest BCUT2D eigenvalue weighted by atomic mass is 35.5. The number of nitriles is 1. The van der Waals surface area contributed by atoms with Gasteiger partial charge in [0.25, 0.3) is 5.56 Å². The van der Waals surface area contributed by atoms with Crippen molar-refractivity contribution >= 4 is 11.6 Å². The first-order valence-electron chi connectivity index (χ1n) is 10.0. The Labute approximate surface area is 205 Å². The van der Waals surface area contributed by atoms with Gasteiger partial charge in [0.15, 0.2) is 5.69 Å². The highest BCUT2D eigenvalue weighted by Gasteiger charge is 2.62. The SMILES string of the molecule is COc1nc(C)nc(C)c1Cn1cnc(C(F)(F)C(F)(F)F)c(Oc2c(C)cc(C#N)cc2Cl)c1=O. The van der Waals surface area contributed by atoms with E-state index in [1.165, 1.54) is 20.1 Å². The van der Waals surface area contributed by atoms with Gasteiger partial charge in [0.1, 0.15) is 11.6 Å². The molecule has 8 nitrogen and oxygen atoms in total. The van der Waals surface area contributed by atoms with Crippen LogP contribution in [0.5, 0.6) is 17.4 Å². The molecule has 36 heavy (non-hydrogen) atoms. The monoisotopic (exact) mass is 529 g/mol. The molecule has 3 aromatic rings. The van der Waals surface area contributed by atoms with Crippen LogP contribution in [0.2, 0.25) is 5.02 Å². The number of rotatable bonds is 6. The van der Waals surface area contributed by atoms with E-state index in [0.717, 1.165) is 10.6 Å². The summed E-state index contributed by atoms with van der Waals surface area (Å²) in [6.07, 6.45) is -5.54. The number of aromatic nitrogens is 4. The highest BCUT2D eigenvalue weighted by Crippen LogP contribution is 2.46. The van der Waals surface area contributed by atoms with Crippen LogP contribution in [-0.2, 0) is 12.5 Å². The molecule has 0 saturated heterocycles. The fourth-order valence-electron chi connectivity index (χ4n) is 3.29. The Morgan fingerprint density at radius 2 is 1.78 bits per heavy atom. The lowest BCUT2D eigenvalue weighted by Crippen LogP contribution is -2.37. The number of aryl methyl sites for hydroxylation is 3. The van der Waals surface area contributed by atoms with Crippen LogP contribution in [0.3, 0.4) is 0 Å². The third-order valence-electron chi connectivity index (χ3n) is 5.02. The summed E-state index contributed by atoms with van der Waals surface area (Å²) in [4.78, 5) is 24.7. The van der Waals surface area contributed by atoms with Gasteiger partial charge in [-0.2, -0.15) is 32.2 Å². The van der Waals surface area contributed by atoms with Crippen LogP contribution in [0.1, 0.15) is 33.9 Å². The summed E-state index contributed by atoms with van der Waals surface area (Å²) in [6, 6.07) is 4.18. The van der Waals surface area contributed by atoms with Crippen LogP contribution in [0.15, 0.2) is 23.3 Å². The van der Waals surface area contributed by atoms with Gasteiger partial charge in [0.05, 0.1) is 42.2 Å². The predicted molar refractivity (Wildman–Crippen MR) is 117 cm³/mol. The van der Waals surface area contributed by atoms with Gasteiger partial charge in [-0.05, 0) is 38.5 Å². The van der Waals surface area contributed by atoms with E-state index in [9.17, 15) is 26.7 Å². The van der Waals surface area contributed by atoms with E-state index >= 15 is 0 Å². The van der Waals surface area contributed by atoms with Crippen molar-refractivity contribution in [2.24, 2.45) is 0 Å². The van der Waals surface area contributed by atoms with E-state index in [0.29, 0.717) is 17.8 Å². The second-order valence-electron chi connectivity index (χ2n) is 7.59. The molecule has 0 unspecified atom stereocenters. The third-order valence-corrected chi connectivity index (χ3v) is 5.30. The zero-order valence-electron chi connectivity index (χ0n) is 19.2. The molecule has 0 aliphatic carbocycles. The average molecular weight is 530 g/mol. The molecule has 2 aromatic heterocycles. The number of ether oxygens (including phenoxy) is 2. The molecule has 0 amide bonds. The van der Waals surface area contributed by atoms with Gasteiger partial charge >= 0.3 is 12.1 Å². The van der Waals surface area contributed by atoms with E-state index in [4.69, 9.17) is 26.3 Å². The molecule has 0 spiro atoms. The van der Waals surface area contributed by atoms with E-state index in [-0.39, 0.29) is 39.9 Å². The van der Waals surface area contributed by atoms with Gasteiger partial charge in [0, 0.05) is 5.69 Å². The molecule has 0 aliphatic heterocycles. The maximum absolute atomic E-state index is 14.4. The van der Waals surface area contributed by atoms with Crippen molar-refractivity contribution in [3.05, 3.63) is 67.7 Å². The highest BCUT2D eigenvalue weighted by molar-refractivity contribution is 6.32. The molecule has 0 bridgehead atoms. The summed E-state index contributed by atoms with van der Waals surface area (Å²) in [5, 5.41) is 8.77. The standard InChI is InChI=1S/C22H17ClF5N5O3/c1-10-5-13(7-29)6-15(23)16(10)36-17-18(21(24,25)22(26,27)28)30-9-33(20(17)34)8-14-11(2)31-12(3)32-19(14)35-4/h5-6,9H,8H2,1-4H3. The van der Waals surface area contributed by atoms with Crippen molar-refractivity contribution < 1.29 is 31.4 Å². The lowest BCUT2D eigenvalue weighted by atomic mass is 10.1. The number of methoxy groups -OCH3 is 1. The Kier molecular flexibility index (Phi) is 7.22. The second kappa shape index (κ2) is 9.69. The first kappa shape index (κ1) is 26.8. The zero-order chi connectivity index (χ0) is 27.0. The molecule has 0 saturated carbocycles. The molecule has 2 heterocycles. The fourth-order valence-corrected chi connectivity index (χ4v) is 3.59. The van der Waals surface area contributed by atoms with E-state index < -0.39 is 29.1 Å². The molecule has 0 atom stereocenters. The smallest absolute Gasteiger partial charge is 0.459 e. The Morgan fingerprint density at radius 1 is 1.11 bits per heavy atom. The Bertz CT molecular complexity index is 1410. The predicted octanol–water partition coefficient (Wildman–Crippen LogP) is 4.99. The van der Waals surface area contributed by atoms with Gasteiger partial charge in [0.2, 0.25) is 11.6 Å². The molecule has 0 aliphatic rings. The summed E-state index contributed by atoms with van der Waals surface area (Å²) in [5.74, 6) is -6.88. The minimum absolute atomic E-state index is 0.0741. The largest absolute Gasteiger partial charge is 0.481 e. The number of halogens is 6. The number of nitrogens with zero attached hydrogens (tertiary/aromatic N) is 5. The fraction of sp³-hybridized carbons (Fsp3) is 0.318. The lowest BCUT2D eigenvalue weighted by Gasteiger charge is -2.22. The summed E-state index contributed by atoms with van der Waals surface area (Å²) >= 11 is 6.07. The topological polar surface area (TPSA) is 103 Å². The molecular formula is C22H17ClF5N5O3. The summed E-state index contributed by atoms with van der Waals surface area (Å²) < 4.78 is 79.6. The summed E-state index contributed by atoms with van der Waals surface area (Å²) in [5.41, 5.74) is -2.47. The van der Waals surface area contributed by atoms with Crippen LogP contribution in [0.25, 0.3) is 0 Å². The number of benzene rings is 1. The third kappa shape index (κ3) is 4.94. The molecule has 0 fully saturated rings. The second-order valence-corrected chi connectivity index (χ2v) is 8.00. The van der Waals surface area contributed by atoms with Gasteiger partial charge in [-0.3, -0.25) is 9.36 Å². The van der Waals surface area contributed by atoms with Crippen molar-refractivity contribution in [1.82, 2.24) is 19.5 Å². The Balaban J connectivity index is 2.25. The van der Waals surface area contributed by atoms with E-state index in [1.807, 2.05) is 6.07 Å². The number of hydrogen-bond donors (Lipinski definition) is 0. The molecule has 190 valence electrons. The van der Waals surface area contributed by atoms with Crippen molar-refractivity contribution in [3.63, 3.8) is 0 Å². The maximum Gasteiger partial charge on any atom is 0.459 e. The van der Waals surface area contributed by atoms with Crippen LogP contribution >= 0.6 is 11.6 Å². The van der Waals surface area contributed by atoms with Crippen LogP contribution < -0.4 is 15.0 Å². The molecule has 3 rings (SSSR count). The van der Waals surface area contributed by atoms with Gasteiger partial charge < -0.3 is 9.47 Å². The van der Waals surface area contributed by atoms with Crippen molar-refractivity contribution in [3.8, 4) is 23.4 Å². The quantitative estimate of drug-likeness (QED) is 0.415. The molecule has 0 radical (unpaired) electrons. The van der Waals surface area contributed by atoms with Crippen LogP contribution in [-0.4, -0.2) is 32.8 Å². The first-order chi connectivity index (χ1) is 16.7. The van der Waals surface area contributed by atoms with E-state index in [2.05, 4.69) is 15.0 Å². The lowest BCUT2D eigenvalue weighted by molar-refractivity contribution is -0.291. The van der Waals surface area contributed by atoms with E-state index in [1.54, 1.807) is 13.8 Å². The molecular weight excluding hydrogens is 513 g/mol. The molecule has 0 N–H and O–H groups in total. The summed E-state index contributed by atoms with van der Waals surface area (Å²) in [6.45, 7) is 4.16. The van der Waals surface area contributed by atoms with Crippen LogP contribution in [0, 0.1) is 32.1 Å². The number of hydrogen-bond acceptors (Lipinski definition) is 7. The van der Waals surface area contributed by atoms with Crippen LogP contribution in [0.4, 0.5) is 22.0 Å². The normalized spacial score (nSPS) is 11.8. The van der Waals surface area contributed by atoms with Gasteiger partial charge in [-0.15, -0.1) is 0 Å². The number of alkyl halides is 5. The van der Waals surface area contributed by atoms with Crippen molar-refractivity contribution in [2.45, 2.75) is 39.4 Å². The molecule has 1 aromatic carbocycles. The Hall–Kier alpha value is -3.79. The minimum Gasteiger partial charge on any atom is -0.481 e. The van der Waals surface area contributed by atoms with Crippen molar-refractivity contribution in [2.75, 3.05) is 7.11 Å². The van der Waals surface area contributed by atoms with Crippen molar-refractivity contribution in [1.29, 1.82) is 5.26 Å². The zero-order valence-corrected chi connectivity index (χ0v) is 19.9. The maximum atomic E-state index is 14.4. The summed E-state index contributed by atoms with van der Waals surface area (Å²) in [7, 11) is 1.31.